The first-order valence-corrected chi connectivity index (χ1v) is 9.95. The largest absolute Gasteiger partial charge is 0.355 e. The van der Waals surface area contributed by atoms with Crippen molar-refractivity contribution < 1.29 is 13.2 Å². The van der Waals surface area contributed by atoms with E-state index in [1.54, 1.807) is 12.1 Å². The summed E-state index contributed by atoms with van der Waals surface area (Å²) in [5.41, 5.74) is 0.711. The third-order valence-electron chi connectivity index (χ3n) is 5.64. The van der Waals surface area contributed by atoms with Crippen LogP contribution in [0.4, 0.5) is 0 Å². The van der Waals surface area contributed by atoms with Crippen LogP contribution in [-0.2, 0) is 14.8 Å². The number of rotatable bonds is 1. The van der Waals surface area contributed by atoms with Gasteiger partial charge in [0.1, 0.15) is 4.90 Å². The highest BCUT2D eigenvalue weighted by Gasteiger charge is 2.46. The molecule has 1 aromatic rings. The van der Waals surface area contributed by atoms with Crippen molar-refractivity contribution in [1.82, 2.24) is 9.80 Å². The summed E-state index contributed by atoms with van der Waals surface area (Å²) < 4.78 is 28.5. The molecule has 0 N–H and O–H groups in total. The van der Waals surface area contributed by atoms with Gasteiger partial charge in [0.15, 0.2) is 5.84 Å². The Morgan fingerprint density at radius 1 is 1.04 bits per heavy atom. The Kier molecular flexibility index (Phi) is 2.90. The Morgan fingerprint density at radius 3 is 2.38 bits per heavy atom. The number of amides is 1. The van der Waals surface area contributed by atoms with E-state index in [-0.39, 0.29) is 5.92 Å². The molecule has 4 aliphatic rings. The van der Waals surface area contributed by atoms with Crippen molar-refractivity contribution in [3.8, 4) is 0 Å². The van der Waals surface area contributed by atoms with Crippen LogP contribution >= 0.6 is 0 Å². The van der Waals surface area contributed by atoms with Gasteiger partial charge in [-0.2, -0.15) is 8.42 Å². The number of benzene rings is 1. The first-order valence-electron chi connectivity index (χ1n) is 8.51. The van der Waals surface area contributed by atoms with E-state index in [1.165, 1.54) is 0 Å². The van der Waals surface area contributed by atoms with Crippen LogP contribution in [0.1, 0.15) is 18.4 Å². The zero-order chi connectivity index (χ0) is 16.5. The van der Waals surface area contributed by atoms with Crippen LogP contribution in [-0.4, -0.2) is 56.1 Å². The number of hydrogen-bond donors (Lipinski definition) is 0. The van der Waals surface area contributed by atoms with Crippen LogP contribution in [0.15, 0.2) is 33.6 Å². The minimum Gasteiger partial charge on any atom is -0.355 e. The standard InChI is InChI=1S/C17H19N3O3S/c21-17(11-5-6-11)20-9-12-7-19(8-13(12)10-20)16-14-3-1-2-4-15(14)24(22,23)18-16/h1-4,11-13H,5-10H2. The molecule has 0 radical (unpaired) electrons. The van der Waals surface area contributed by atoms with Crippen molar-refractivity contribution in [1.29, 1.82) is 0 Å². The van der Waals surface area contributed by atoms with Crippen molar-refractivity contribution in [2.75, 3.05) is 26.2 Å². The van der Waals surface area contributed by atoms with Gasteiger partial charge in [-0.3, -0.25) is 4.79 Å². The molecule has 1 aromatic carbocycles. The normalized spacial score (nSPS) is 30.2. The Hall–Kier alpha value is -1.89. The quantitative estimate of drug-likeness (QED) is 0.759. The molecule has 2 atom stereocenters. The molecule has 2 saturated heterocycles. The van der Waals surface area contributed by atoms with Crippen LogP contribution in [0, 0.1) is 17.8 Å². The van der Waals surface area contributed by atoms with E-state index in [4.69, 9.17) is 0 Å². The smallest absolute Gasteiger partial charge is 0.285 e. The highest BCUT2D eigenvalue weighted by atomic mass is 32.2. The van der Waals surface area contributed by atoms with Crippen LogP contribution in [0.5, 0.6) is 0 Å². The minimum absolute atomic E-state index is 0.274. The van der Waals surface area contributed by atoms with Crippen LogP contribution in [0.25, 0.3) is 0 Å². The molecular formula is C17H19N3O3S. The summed E-state index contributed by atoms with van der Waals surface area (Å²) >= 11 is 0. The van der Waals surface area contributed by atoms with Crippen molar-refractivity contribution in [3.63, 3.8) is 0 Å². The van der Waals surface area contributed by atoms with Gasteiger partial charge in [-0.1, -0.05) is 12.1 Å². The predicted octanol–water partition coefficient (Wildman–Crippen LogP) is 0.936. The fourth-order valence-electron chi connectivity index (χ4n) is 4.25. The lowest BCUT2D eigenvalue weighted by molar-refractivity contribution is -0.131. The number of carbonyl (C=O) groups excluding carboxylic acids is 1. The summed E-state index contributed by atoms with van der Waals surface area (Å²) in [5.74, 6) is 2.02. The molecule has 6 nitrogen and oxygen atoms in total. The highest BCUT2D eigenvalue weighted by molar-refractivity contribution is 7.90. The number of sulfonamides is 1. The van der Waals surface area contributed by atoms with E-state index in [1.807, 2.05) is 17.0 Å². The zero-order valence-corrected chi connectivity index (χ0v) is 14.1. The van der Waals surface area contributed by atoms with Gasteiger partial charge in [-0.25, -0.2) is 0 Å². The van der Waals surface area contributed by atoms with E-state index < -0.39 is 10.0 Å². The van der Waals surface area contributed by atoms with Crippen LogP contribution < -0.4 is 0 Å². The van der Waals surface area contributed by atoms with Crippen molar-refractivity contribution in [2.45, 2.75) is 17.7 Å². The summed E-state index contributed by atoms with van der Waals surface area (Å²) in [6.07, 6.45) is 2.09. The highest BCUT2D eigenvalue weighted by Crippen LogP contribution is 2.38. The second kappa shape index (κ2) is 4.81. The summed E-state index contributed by atoms with van der Waals surface area (Å²) in [7, 11) is -3.56. The van der Waals surface area contributed by atoms with Crippen molar-refractivity contribution in [2.24, 2.45) is 22.2 Å². The number of likely N-dealkylation sites (tertiary alicyclic amines) is 2. The first kappa shape index (κ1) is 14.5. The van der Waals surface area contributed by atoms with Gasteiger partial charge < -0.3 is 9.80 Å². The molecule has 3 heterocycles. The molecule has 0 bridgehead atoms. The summed E-state index contributed by atoms with van der Waals surface area (Å²) in [6, 6.07) is 7.03. The molecule has 0 aromatic heterocycles. The molecular weight excluding hydrogens is 326 g/mol. The maximum absolute atomic E-state index is 12.2. The molecule has 24 heavy (non-hydrogen) atoms. The number of nitrogens with zero attached hydrogens (tertiary/aromatic N) is 3. The molecule has 126 valence electrons. The topological polar surface area (TPSA) is 70.1 Å². The number of hydrogen-bond acceptors (Lipinski definition) is 4. The minimum atomic E-state index is -3.56. The fraction of sp³-hybridized carbons (Fsp3) is 0.529. The first-order chi connectivity index (χ1) is 11.5. The van der Waals surface area contributed by atoms with Gasteiger partial charge in [0.25, 0.3) is 10.0 Å². The van der Waals surface area contributed by atoms with Gasteiger partial charge in [-0.15, -0.1) is 4.40 Å². The van der Waals surface area contributed by atoms with Gasteiger partial charge >= 0.3 is 0 Å². The van der Waals surface area contributed by atoms with E-state index in [9.17, 15) is 13.2 Å². The van der Waals surface area contributed by atoms with Crippen molar-refractivity contribution >= 4 is 21.8 Å². The van der Waals surface area contributed by atoms with Gasteiger partial charge in [0, 0.05) is 49.5 Å². The van der Waals surface area contributed by atoms with Crippen LogP contribution in [0.3, 0.4) is 0 Å². The summed E-state index contributed by atoms with van der Waals surface area (Å²) in [5, 5.41) is 0. The van der Waals surface area contributed by atoms with Gasteiger partial charge in [-0.05, 0) is 25.0 Å². The van der Waals surface area contributed by atoms with E-state index in [0.29, 0.717) is 34.0 Å². The SMILES string of the molecule is O=C(C1CC1)N1CC2CN(C3=NS(=O)(=O)c4ccccc43)CC2C1. The molecule has 7 heteroatoms. The Bertz CT molecular complexity index is 846. The second-order valence-electron chi connectivity index (χ2n) is 7.33. The second-order valence-corrected chi connectivity index (χ2v) is 8.90. The Morgan fingerprint density at radius 2 is 1.71 bits per heavy atom. The third-order valence-corrected chi connectivity index (χ3v) is 6.96. The predicted molar refractivity (Wildman–Crippen MR) is 88.0 cm³/mol. The number of fused-ring (bicyclic) bond motifs is 2. The zero-order valence-electron chi connectivity index (χ0n) is 13.3. The van der Waals surface area contributed by atoms with Gasteiger partial charge in [0.05, 0.1) is 0 Å². The molecule has 3 aliphatic heterocycles. The maximum Gasteiger partial charge on any atom is 0.285 e. The lowest BCUT2D eigenvalue weighted by atomic mass is 10.0. The third kappa shape index (κ3) is 2.10. The molecule has 1 saturated carbocycles. The Labute approximate surface area is 141 Å². The fourth-order valence-corrected chi connectivity index (χ4v) is 5.48. The van der Waals surface area contributed by atoms with Gasteiger partial charge in [0.2, 0.25) is 5.91 Å². The number of amidine groups is 1. The monoisotopic (exact) mass is 345 g/mol. The molecule has 0 spiro atoms. The average molecular weight is 345 g/mol. The average Bonchev–Trinajstić information content (AvgIpc) is 3.13. The maximum atomic E-state index is 12.2. The van der Waals surface area contributed by atoms with E-state index in [2.05, 4.69) is 9.30 Å². The van der Waals surface area contributed by atoms with Crippen molar-refractivity contribution in [3.05, 3.63) is 29.8 Å². The summed E-state index contributed by atoms with van der Waals surface area (Å²) in [4.78, 5) is 16.7. The molecule has 1 aliphatic carbocycles. The molecule has 2 unspecified atom stereocenters. The van der Waals surface area contributed by atoms with E-state index in [0.717, 1.165) is 39.0 Å². The number of carbonyl (C=O) groups is 1. The Balaban J connectivity index is 1.36. The lowest BCUT2D eigenvalue weighted by Gasteiger charge is -2.23. The molecule has 1 amide bonds. The summed E-state index contributed by atoms with van der Waals surface area (Å²) in [6.45, 7) is 3.17. The molecule has 5 rings (SSSR count). The molecule has 3 fully saturated rings. The lowest BCUT2D eigenvalue weighted by Crippen LogP contribution is -2.36. The van der Waals surface area contributed by atoms with E-state index >= 15 is 0 Å². The van der Waals surface area contributed by atoms with Crippen LogP contribution in [0.2, 0.25) is 0 Å².